The molecule has 5 heteroatoms. The number of nitrogens with one attached hydrogen (secondary N) is 2. The number of phenolic OH excluding ortho intramolecular Hbond substituents is 1. The first-order chi connectivity index (χ1) is 8.74. The molecule has 1 heterocycles. The molecule has 0 unspecified atom stereocenters. The quantitative estimate of drug-likeness (QED) is 0.735. The third-order valence-electron chi connectivity index (χ3n) is 2.54. The molecule has 0 saturated carbocycles. The van der Waals surface area contributed by atoms with E-state index in [1.54, 1.807) is 36.7 Å². The highest BCUT2D eigenvalue weighted by Gasteiger charge is 2.03. The Morgan fingerprint density at radius 2 is 2.11 bits per heavy atom. The van der Waals surface area contributed by atoms with Crippen molar-refractivity contribution in [1.82, 2.24) is 15.3 Å². The Hall–Kier alpha value is -2.30. The van der Waals surface area contributed by atoms with Crippen LogP contribution in [0.3, 0.4) is 0 Å². The van der Waals surface area contributed by atoms with Gasteiger partial charge in [-0.15, -0.1) is 0 Å². The molecular weight excluding hydrogens is 230 g/mol. The number of benzene rings is 1. The molecule has 0 aliphatic carbocycles. The fourth-order valence-electron chi connectivity index (χ4n) is 1.62. The molecule has 0 fully saturated rings. The third kappa shape index (κ3) is 3.62. The van der Waals surface area contributed by atoms with Gasteiger partial charge in [-0.2, -0.15) is 0 Å². The van der Waals surface area contributed by atoms with Crippen molar-refractivity contribution in [2.75, 3.05) is 6.54 Å². The largest absolute Gasteiger partial charge is 0.508 e. The van der Waals surface area contributed by atoms with Gasteiger partial charge in [-0.1, -0.05) is 12.1 Å². The highest BCUT2D eigenvalue weighted by Crippen LogP contribution is 2.09. The van der Waals surface area contributed by atoms with E-state index in [1.807, 2.05) is 0 Å². The lowest BCUT2D eigenvalue weighted by Crippen LogP contribution is -2.27. The van der Waals surface area contributed by atoms with Gasteiger partial charge in [0.25, 0.3) is 0 Å². The summed E-state index contributed by atoms with van der Waals surface area (Å²) >= 11 is 0. The van der Waals surface area contributed by atoms with Crippen molar-refractivity contribution in [3.63, 3.8) is 0 Å². The maximum absolute atomic E-state index is 11.6. The summed E-state index contributed by atoms with van der Waals surface area (Å²) < 4.78 is 0. The minimum atomic E-state index is -0.0350. The average Bonchev–Trinajstić information content (AvgIpc) is 2.85. The van der Waals surface area contributed by atoms with Crippen LogP contribution in [0, 0.1) is 0 Å². The lowest BCUT2D eigenvalue weighted by molar-refractivity contribution is -0.120. The van der Waals surface area contributed by atoms with Crippen LogP contribution in [0.2, 0.25) is 0 Å². The number of imidazole rings is 1. The van der Waals surface area contributed by atoms with Gasteiger partial charge in [-0.25, -0.2) is 4.98 Å². The van der Waals surface area contributed by atoms with Crippen LogP contribution >= 0.6 is 0 Å². The van der Waals surface area contributed by atoms with E-state index in [9.17, 15) is 4.79 Å². The predicted octanol–water partition coefficient (Wildman–Crippen LogP) is 1.02. The van der Waals surface area contributed by atoms with Crippen LogP contribution in [0.4, 0.5) is 0 Å². The number of H-pyrrole nitrogens is 1. The summed E-state index contributed by atoms with van der Waals surface area (Å²) in [5.74, 6) is 1.03. The molecule has 0 saturated heterocycles. The number of carbonyl (C=O) groups excluding carboxylic acids is 1. The highest BCUT2D eigenvalue weighted by atomic mass is 16.3. The lowest BCUT2D eigenvalue weighted by atomic mass is 10.1. The normalized spacial score (nSPS) is 10.2. The number of hydrogen-bond donors (Lipinski definition) is 3. The van der Waals surface area contributed by atoms with Crippen LogP contribution in [-0.4, -0.2) is 27.5 Å². The van der Waals surface area contributed by atoms with Gasteiger partial charge in [0.2, 0.25) is 5.91 Å². The Labute approximate surface area is 105 Å². The zero-order chi connectivity index (χ0) is 12.8. The summed E-state index contributed by atoms with van der Waals surface area (Å²) in [6.45, 7) is 0.560. The number of amides is 1. The number of rotatable bonds is 5. The highest BCUT2D eigenvalue weighted by molar-refractivity contribution is 5.78. The van der Waals surface area contributed by atoms with Crippen LogP contribution < -0.4 is 5.32 Å². The molecule has 0 aliphatic rings. The van der Waals surface area contributed by atoms with Crippen LogP contribution in [0.25, 0.3) is 0 Å². The van der Waals surface area contributed by atoms with Crippen molar-refractivity contribution in [3.8, 4) is 5.75 Å². The van der Waals surface area contributed by atoms with Crippen molar-refractivity contribution in [1.29, 1.82) is 0 Å². The third-order valence-corrected chi connectivity index (χ3v) is 2.54. The number of hydrogen-bond acceptors (Lipinski definition) is 3. The molecule has 2 rings (SSSR count). The molecule has 1 amide bonds. The smallest absolute Gasteiger partial charge is 0.224 e. The van der Waals surface area contributed by atoms with E-state index in [0.29, 0.717) is 19.4 Å². The summed E-state index contributed by atoms with van der Waals surface area (Å²) in [6.07, 6.45) is 4.45. The summed E-state index contributed by atoms with van der Waals surface area (Å²) in [6, 6.07) is 6.62. The van der Waals surface area contributed by atoms with E-state index in [1.165, 1.54) is 0 Å². The number of aromatic amines is 1. The van der Waals surface area contributed by atoms with E-state index >= 15 is 0 Å². The van der Waals surface area contributed by atoms with E-state index < -0.39 is 0 Å². The van der Waals surface area contributed by atoms with E-state index in [4.69, 9.17) is 5.11 Å². The van der Waals surface area contributed by atoms with Gasteiger partial charge in [0, 0.05) is 25.4 Å². The maximum Gasteiger partial charge on any atom is 0.224 e. The van der Waals surface area contributed by atoms with Gasteiger partial charge in [0.05, 0.1) is 6.42 Å². The van der Waals surface area contributed by atoms with Gasteiger partial charge >= 0.3 is 0 Å². The molecule has 94 valence electrons. The predicted molar refractivity (Wildman–Crippen MR) is 67.1 cm³/mol. The topological polar surface area (TPSA) is 78.0 Å². The Balaban J connectivity index is 1.73. The molecule has 0 atom stereocenters. The Bertz CT molecular complexity index is 491. The summed E-state index contributed by atoms with van der Waals surface area (Å²) in [5, 5.41) is 11.9. The molecule has 3 N–H and O–H groups in total. The van der Waals surface area contributed by atoms with Crippen LogP contribution in [0.5, 0.6) is 5.75 Å². The Morgan fingerprint density at radius 3 is 2.78 bits per heavy atom. The van der Waals surface area contributed by atoms with E-state index in [-0.39, 0.29) is 11.7 Å². The molecule has 2 aromatic rings. The molecule has 0 bridgehead atoms. The first-order valence-electron chi connectivity index (χ1n) is 5.77. The summed E-state index contributed by atoms with van der Waals surface area (Å²) in [7, 11) is 0. The molecule has 5 nitrogen and oxygen atoms in total. The maximum atomic E-state index is 11.6. The molecule has 18 heavy (non-hydrogen) atoms. The van der Waals surface area contributed by atoms with Gasteiger partial charge in [-0.05, 0) is 17.7 Å². The van der Waals surface area contributed by atoms with Crippen molar-refractivity contribution < 1.29 is 9.90 Å². The molecule has 1 aromatic heterocycles. The lowest BCUT2D eigenvalue weighted by Gasteiger charge is -2.04. The molecule has 0 aliphatic heterocycles. The first kappa shape index (κ1) is 12.2. The fraction of sp³-hybridized carbons (Fsp3) is 0.231. The first-order valence-corrected chi connectivity index (χ1v) is 5.77. The van der Waals surface area contributed by atoms with Gasteiger partial charge in [0.1, 0.15) is 11.6 Å². The average molecular weight is 245 g/mol. The van der Waals surface area contributed by atoms with Crippen molar-refractivity contribution in [2.24, 2.45) is 0 Å². The van der Waals surface area contributed by atoms with E-state index in [0.717, 1.165) is 11.4 Å². The van der Waals surface area contributed by atoms with Gasteiger partial charge in [0.15, 0.2) is 0 Å². The fourth-order valence-corrected chi connectivity index (χ4v) is 1.62. The Kier molecular flexibility index (Phi) is 3.96. The monoisotopic (exact) mass is 245 g/mol. The van der Waals surface area contributed by atoms with Crippen LogP contribution in [-0.2, 0) is 17.6 Å². The number of phenols is 1. The molecular formula is C13H15N3O2. The van der Waals surface area contributed by atoms with Crippen LogP contribution in [0.15, 0.2) is 36.7 Å². The second kappa shape index (κ2) is 5.86. The van der Waals surface area contributed by atoms with E-state index in [2.05, 4.69) is 15.3 Å². The number of carbonyl (C=O) groups is 1. The molecule has 0 radical (unpaired) electrons. The Morgan fingerprint density at radius 1 is 1.33 bits per heavy atom. The zero-order valence-electron chi connectivity index (χ0n) is 9.89. The van der Waals surface area contributed by atoms with Crippen LogP contribution in [0.1, 0.15) is 11.4 Å². The minimum Gasteiger partial charge on any atom is -0.508 e. The van der Waals surface area contributed by atoms with Crippen molar-refractivity contribution >= 4 is 5.91 Å². The number of aromatic hydroxyl groups is 1. The summed E-state index contributed by atoms with van der Waals surface area (Å²) in [5.41, 5.74) is 0.878. The SMILES string of the molecule is O=C(Cc1ccc(O)cc1)NCCc1ncc[nH]1. The van der Waals surface area contributed by atoms with Crippen molar-refractivity contribution in [2.45, 2.75) is 12.8 Å². The number of nitrogens with zero attached hydrogens (tertiary/aromatic N) is 1. The molecule has 1 aromatic carbocycles. The standard InChI is InChI=1S/C13H15N3O2/c17-11-3-1-10(2-4-11)9-13(18)16-6-5-12-14-7-8-15-12/h1-4,7-8,17H,5-6,9H2,(H,14,15)(H,16,18). The van der Waals surface area contributed by atoms with Gasteiger partial charge in [-0.3, -0.25) is 4.79 Å². The second-order valence-electron chi connectivity index (χ2n) is 3.98. The summed E-state index contributed by atoms with van der Waals surface area (Å²) in [4.78, 5) is 18.7. The number of aromatic nitrogens is 2. The minimum absolute atomic E-state index is 0.0350. The zero-order valence-corrected chi connectivity index (χ0v) is 9.89. The molecule has 0 spiro atoms. The van der Waals surface area contributed by atoms with Crippen molar-refractivity contribution in [3.05, 3.63) is 48.0 Å². The van der Waals surface area contributed by atoms with Gasteiger partial charge < -0.3 is 15.4 Å². The second-order valence-corrected chi connectivity index (χ2v) is 3.98.